The summed E-state index contributed by atoms with van der Waals surface area (Å²) in [6, 6.07) is -1.44. The number of rotatable bonds is 15. The number of aromatic nitrogens is 2. The summed E-state index contributed by atoms with van der Waals surface area (Å²) in [4.78, 5) is 43.9. The Hall–Kier alpha value is -2.32. The zero-order valence-corrected chi connectivity index (χ0v) is 17.0. The summed E-state index contributed by atoms with van der Waals surface area (Å²) in [5, 5.41) is 25.9. The van der Waals surface area contributed by atoms with Gasteiger partial charge in [0.25, 0.3) is 0 Å². The van der Waals surface area contributed by atoms with Crippen molar-refractivity contribution in [3.63, 3.8) is 0 Å². The molecule has 1 aromatic heterocycles. The van der Waals surface area contributed by atoms with Crippen LogP contribution in [0.1, 0.15) is 39.8 Å². The molecule has 5 N–H and O–H groups in total. The Bertz CT molecular complexity index is 678. The Balaban J connectivity index is 2.45. The minimum Gasteiger partial charge on any atom is -0.390 e. The van der Waals surface area contributed by atoms with Crippen LogP contribution in [0.15, 0.2) is 11.4 Å². The molecule has 0 aliphatic heterocycles. The molecule has 0 aliphatic rings. The van der Waals surface area contributed by atoms with E-state index in [0.29, 0.717) is 31.4 Å². The normalized spacial score (nSPS) is 14.4. The van der Waals surface area contributed by atoms with Crippen molar-refractivity contribution >= 4 is 12.2 Å². The van der Waals surface area contributed by atoms with Gasteiger partial charge in [0.15, 0.2) is 0 Å². The fourth-order valence-corrected chi connectivity index (χ4v) is 2.61. The summed E-state index contributed by atoms with van der Waals surface area (Å²) in [5.41, 5.74) is 3.80. The lowest BCUT2D eigenvalue weighted by Gasteiger charge is -2.32. The van der Waals surface area contributed by atoms with Crippen LogP contribution < -0.4 is 16.3 Å². The van der Waals surface area contributed by atoms with Gasteiger partial charge in [-0.05, 0) is 39.0 Å². The second-order valence-corrected chi connectivity index (χ2v) is 7.71. The molecule has 13 nitrogen and oxygen atoms in total. The van der Waals surface area contributed by atoms with Crippen molar-refractivity contribution in [2.45, 2.75) is 63.7 Å². The number of aromatic amines is 1. The molecule has 0 saturated heterocycles. The molecule has 2 unspecified atom stereocenters. The van der Waals surface area contributed by atoms with Gasteiger partial charge in [0.05, 0.1) is 12.1 Å². The largest absolute Gasteiger partial charge is 0.432 e. The zero-order chi connectivity index (χ0) is 22.1. The highest BCUT2D eigenvalue weighted by atomic mass is 16.6. The summed E-state index contributed by atoms with van der Waals surface area (Å²) >= 11 is 0. The number of aryl methyl sites for hydroxylation is 1. The number of carbonyl (C=O) groups excluding carboxylic acids is 1. The van der Waals surface area contributed by atoms with Crippen LogP contribution in [0.3, 0.4) is 0 Å². The Morgan fingerprint density at radius 1 is 1.41 bits per heavy atom. The summed E-state index contributed by atoms with van der Waals surface area (Å²) < 4.78 is 0. The number of nitro groups is 1. The van der Waals surface area contributed by atoms with Gasteiger partial charge in [0, 0.05) is 18.5 Å². The third kappa shape index (κ3) is 7.55. The number of hydrogen-bond acceptors (Lipinski definition) is 11. The van der Waals surface area contributed by atoms with Gasteiger partial charge in [-0.1, -0.05) is 10.2 Å². The van der Waals surface area contributed by atoms with Gasteiger partial charge in [-0.2, -0.15) is 15.9 Å². The number of nitroso groups, excluding NO2 is 1. The first kappa shape index (κ1) is 24.7. The van der Waals surface area contributed by atoms with Crippen molar-refractivity contribution in [1.82, 2.24) is 26.2 Å². The van der Waals surface area contributed by atoms with Crippen LogP contribution in [0, 0.1) is 15.0 Å². The minimum atomic E-state index is -0.790. The van der Waals surface area contributed by atoms with Gasteiger partial charge >= 0.3 is 5.95 Å². The highest BCUT2D eigenvalue weighted by molar-refractivity contribution is 5.59. The standard InChI is InChI=1S/C16H29N7O6/c1-15(2,13(10-24)21-26)18-7-8-29-22-16(3,4)12(20-25)6-5-11-9-17-14(19-11)23(27)28/h9-10,12-13,18,21-22,26H,5-8H2,1-4H3,(H,17,19). The molecule has 0 aromatic carbocycles. The quantitative estimate of drug-likeness (QED) is 0.0893. The third-order valence-corrected chi connectivity index (χ3v) is 4.61. The summed E-state index contributed by atoms with van der Waals surface area (Å²) in [6.45, 7) is 7.60. The van der Waals surface area contributed by atoms with Crippen molar-refractivity contribution in [1.29, 1.82) is 0 Å². The molecule has 0 saturated carbocycles. The Kier molecular flexibility index (Phi) is 9.39. The molecule has 29 heavy (non-hydrogen) atoms. The van der Waals surface area contributed by atoms with Crippen LogP contribution in [0.25, 0.3) is 0 Å². The average Bonchev–Trinajstić information content (AvgIpc) is 3.11. The van der Waals surface area contributed by atoms with Crippen LogP contribution >= 0.6 is 0 Å². The number of nitrogens with zero attached hydrogens (tertiary/aromatic N) is 3. The van der Waals surface area contributed by atoms with Gasteiger partial charge in [-0.15, -0.1) is 0 Å². The van der Waals surface area contributed by atoms with Crippen molar-refractivity contribution < 1.29 is 19.8 Å². The summed E-state index contributed by atoms with van der Waals surface area (Å²) in [5.74, 6) is -0.347. The second-order valence-electron chi connectivity index (χ2n) is 7.71. The Labute approximate surface area is 168 Å². The number of hydroxylamine groups is 2. The van der Waals surface area contributed by atoms with Crippen molar-refractivity contribution in [3.05, 3.63) is 26.9 Å². The van der Waals surface area contributed by atoms with Gasteiger partial charge < -0.3 is 25.4 Å². The van der Waals surface area contributed by atoms with E-state index in [9.17, 15) is 19.8 Å². The van der Waals surface area contributed by atoms with Gasteiger partial charge in [0.2, 0.25) is 0 Å². The van der Waals surface area contributed by atoms with Crippen LogP contribution in [0.2, 0.25) is 0 Å². The van der Waals surface area contributed by atoms with E-state index in [1.54, 1.807) is 27.7 Å². The molecule has 1 aromatic rings. The van der Waals surface area contributed by atoms with E-state index in [4.69, 9.17) is 10.0 Å². The molecule has 0 amide bonds. The Morgan fingerprint density at radius 3 is 2.62 bits per heavy atom. The second kappa shape index (κ2) is 11.0. The molecular formula is C16H29N7O6. The highest BCUT2D eigenvalue weighted by Crippen LogP contribution is 2.19. The fourth-order valence-electron chi connectivity index (χ4n) is 2.61. The number of nitrogens with one attached hydrogen (secondary N) is 4. The molecule has 0 aliphatic carbocycles. The number of hydrogen-bond donors (Lipinski definition) is 5. The van der Waals surface area contributed by atoms with Gasteiger partial charge in [-0.25, -0.2) is 4.98 Å². The number of H-pyrrole nitrogens is 1. The monoisotopic (exact) mass is 415 g/mol. The van der Waals surface area contributed by atoms with E-state index in [-0.39, 0.29) is 12.6 Å². The molecule has 0 radical (unpaired) electrons. The minimum absolute atomic E-state index is 0.224. The SMILES string of the molecule is CC(C)(NOCCNC(C)(C)C(C=O)NO)C(CCc1cnc([N+](=O)[O-])[nH]1)N=O. The maximum absolute atomic E-state index is 11.3. The molecule has 0 spiro atoms. The maximum Gasteiger partial charge on any atom is 0.432 e. The molecule has 1 rings (SSSR count). The lowest BCUT2D eigenvalue weighted by Crippen LogP contribution is -2.57. The number of carbonyl (C=O) groups is 1. The Morgan fingerprint density at radius 2 is 2.10 bits per heavy atom. The molecule has 1 heterocycles. The van der Waals surface area contributed by atoms with E-state index < -0.39 is 28.1 Å². The first-order valence-electron chi connectivity index (χ1n) is 9.07. The van der Waals surface area contributed by atoms with E-state index in [1.165, 1.54) is 6.20 Å². The van der Waals surface area contributed by atoms with Crippen LogP contribution in [0.4, 0.5) is 5.95 Å². The van der Waals surface area contributed by atoms with E-state index in [2.05, 4.69) is 25.9 Å². The number of aldehydes is 1. The topological polar surface area (TPSA) is 184 Å². The van der Waals surface area contributed by atoms with Gasteiger partial charge in [-0.3, -0.25) is 4.84 Å². The molecule has 13 heteroatoms. The van der Waals surface area contributed by atoms with Gasteiger partial charge in [0.1, 0.15) is 30.3 Å². The number of imidazole rings is 1. The molecular weight excluding hydrogens is 386 g/mol. The van der Waals surface area contributed by atoms with Crippen LogP contribution in [-0.4, -0.2) is 62.7 Å². The molecule has 0 bridgehead atoms. The third-order valence-electron chi connectivity index (χ3n) is 4.61. The predicted octanol–water partition coefficient (Wildman–Crippen LogP) is 0.600. The maximum atomic E-state index is 11.3. The molecule has 164 valence electrons. The average molecular weight is 415 g/mol. The lowest BCUT2D eigenvalue weighted by molar-refractivity contribution is -0.393. The summed E-state index contributed by atoms with van der Waals surface area (Å²) in [7, 11) is 0. The fraction of sp³-hybridized carbons (Fsp3) is 0.750. The molecule has 0 fully saturated rings. The van der Waals surface area contributed by atoms with Crippen LogP contribution in [-0.2, 0) is 16.1 Å². The first-order chi connectivity index (χ1) is 13.6. The smallest absolute Gasteiger partial charge is 0.390 e. The van der Waals surface area contributed by atoms with E-state index in [0.717, 1.165) is 0 Å². The van der Waals surface area contributed by atoms with E-state index in [1.807, 2.05) is 5.48 Å². The lowest BCUT2D eigenvalue weighted by atomic mass is 9.92. The van der Waals surface area contributed by atoms with Crippen molar-refractivity contribution in [2.24, 2.45) is 5.18 Å². The first-order valence-corrected chi connectivity index (χ1v) is 9.07. The summed E-state index contributed by atoms with van der Waals surface area (Å²) in [6.07, 6.45) is 2.65. The predicted molar refractivity (Wildman–Crippen MR) is 103 cm³/mol. The van der Waals surface area contributed by atoms with Crippen molar-refractivity contribution in [3.8, 4) is 0 Å². The van der Waals surface area contributed by atoms with E-state index >= 15 is 0 Å². The van der Waals surface area contributed by atoms with Crippen molar-refractivity contribution in [2.75, 3.05) is 13.2 Å². The van der Waals surface area contributed by atoms with Crippen LogP contribution in [0.5, 0.6) is 0 Å². The molecule has 2 atom stereocenters. The zero-order valence-electron chi connectivity index (χ0n) is 17.0. The highest BCUT2D eigenvalue weighted by Gasteiger charge is 2.32.